The van der Waals surface area contributed by atoms with Gasteiger partial charge in [0.2, 0.25) is 0 Å². The van der Waals surface area contributed by atoms with Gasteiger partial charge in [0, 0.05) is 6.42 Å². The van der Waals surface area contributed by atoms with E-state index in [9.17, 15) is 9.59 Å². The predicted octanol–water partition coefficient (Wildman–Crippen LogP) is 2.09. The lowest BCUT2D eigenvalue weighted by Gasteiger charge is -2.26. The van der Waals surface area contributed by atoms with E-state index in [4.69, 9.17) is 15.9 Å². The highest BCUT2D eigenvalue weighted by Gasteiger charge is 2.46. The first kappa shape index (κ1) is 16.2. The lowest BCUT2D eigenvalue weighted by molar-refractivity contribution is -0.169. The van der Waals surface area contributed by atoms with Gasteiger partial charge < -0.3 is 9.47 Å². The molecule has 0 N–H and O–H groups in total. The first-order valence-electron chi connectivity index (χ1n) is 5.68. The van der Waals surface area contributed by atoms with Crippen LogP contribution in [0.2, 0.25) is 0 Å². The summed E-state index contributed by atoms with van der Waals surface area (Å²) >= 11 is 0. The zero-order valence-corrected chi connectivity index (χ0v) is 11.4. The number of hydrogen-bond donors (Lipinski definition) is 0. The van der Waals surface area contributed by atoms with Gasteiger partial charge in [-0.05, 0) is 26.7 Å². The monoisotopic (exact) mass is 252 g/mol. The van der Waals surface area contributed by atoms with Gasteiger partial charge >= 0.3 is 11.9 Å². The number of rotatable bonds is 6. The van der Waals surface area contributed by atoms with Gasteiger partial charge in [0.15, 0.2) is 5.41 Å². The third-order valence-corrected chi connectivity index (χ3v) is 2.71. The molecule has 0 aliphatic heterocycles. The van der Waals surface area contributed by atoms with Crippen molar-refractivity contribution >= 4 is 11.9 Å². The van der Waals surface area contributed by atoms with Crippen LogP contribution in [0.4, 0.5) is 0 Å². The van der Waals surface area contributed by atoms with Gasteiger partial charge in [-0.15, -0.1) is 12.3 Å². The lowest BCUT2D eigenvalue weighted by Crippen LogP contribution is -2.41. The number of carbonyl (C=O) groups is 2. The van der Waals surface area contributed by atoms with Gasteiger partial charge in [-0.1, -0.05) is 11.6 Å². The minimum absolute atomic E-state index is 0.215. The molecule has 100 valence electrons. The molecule has 0 spiro atoms. The molecule has 0 amide bonds. The van der Waals surface area contributed by atoms with Crippen molar-refractivity contribution in [2.75, 3.05) is 14.2 Å². The Morgan fingerprint density at radius 3 is 2.06 bits per heavy atom. The van der Waals surface area contributed by atoms with E-state index < -0.39 is 17.4 Å². The predicted molar refractivity (Wildman–Crippen MR) is 68.6 cm³/mol. The van der Waals surface area contributed by atoms with Gasteiger partial charge in [0.1, 0.15) is 0 Å². The van der Waals surface area contributed by atoms with Crippen LogP contribution in [-0.4, -0.2) is 26.2 Å². The molecule has 18 heavy (non-hydrogen) atoms. The number of esters is 2. The fourth-order valence-corrected chi connectivity index (χ4v) is 1.61. The topological polar surface area (TPSA) is 52.6 Å². The van der Waals surface area contributed by atoms with E-state index in [0.29, 0.717) is 6.42 Å². The van der Waals surface area contributed by atoms with Crippen LogP contribution in [0.3, 0.4) is 0 Å². The first-order valence-corrected chi connectivity index (χ1v) is 5.68. The normalized spacial score (nSPS) is 10.2. The van der Waals surface area contributed by atoms with Gasteiger partial charge in [-0.2, -0.15) is 0 Å². The highest BCUT2D eigenvalue weighted by Crippen LogP contribution is 2.32. The quantitative estimate of drug-likeness (QED) is 0.314. The average Bonchev–Trinajstić information content (AvgIpc) is 2.37. The van der Waals surface area contributed by atoms with Crippen LogP contribution >= 0.6 is 0 Å². The Labute approximate surface area is 108 Å². The van der Waals surface area contributed by atoms with Crippen molar-refractivity contribution in [1.82, 2.24) is 0 Å². The standard InChI is InChI=1S/C14H20O4/c1-6-7-9-14(12(15)17-4,13(16)18-5)10-8-11(2)3/h1,8H,7,9-10H2,2-5H3. The third-order valence-electron chi connectivity index (χ3n) is 2.71. The summed E-state index contributed by atoms with van der Waals surface area (Å²) in [5, 5.41) is 0. The molecule has 0 saturated heterocycles. The van der Waals surface area contributed by atoms with Crippen molar-refractivity contribution in [1.29, 1.82) is 0 Å². The van der Waals surface area contributed by atoms with Crippen LogP contribution in [0.1, 0.15) is 33.1 Å². The molecule has 0 atom stereocenters. The zero-order chi connectivity index (χ0) is 14.2. The first-order chi connectivity index (χ1) is 8.44. The maximum atomic E-state index is 11.9. The highest BCUT2D eigenvalue weighted by atomic mass is 16.5. The second kappa shape index (κ2) is 7.54. The Kier molecular flexibility index (Phi) is 6.81. The molecule has 0 heterocycles. The van der Waals surface area contributed by atoms with Gasteiger partial charge in [0.25, 0.3) is 0 Å². The van der Waals surface area contributed by atoms with Crippen molar-refractivity contribution in [2.24, 2.45) is 5.41 Å². The molecule has 0 aromatic rings. The summed E-state index contributed by atoms with van der Waals surface area (Å²) in [6.45, 7) is 3.78. The zero-order valence-electron chi connectivity index (χ0n) is 11.4. The van der Waals surface area contributed by atoms with Crippen LogP contribution in [0.5, 0.6) is 0 Å². The molecule has 0 aromatic heterocycles. The number of methoxy groups -OCH3 is 2. The molecule has 0 bridgehead atoms. The van der Waals surface area contributed by atoms with Crippen LogP contribution in [0, 0.1) is 17.8 Å². The second-order valence-corrected chi connectivity index (χ2v) is 4.25. The number of allylic oxidation sites excluding steroid dienone is 2. The molecule has 0 aliphatic carbocycles. The average molecular weight is 252 g/mol. The van der Waals surface area contributed by atoms with Crippen molar-refractivity contribution < 1.29 is 19.1 Å². The fraction of sp³-hybridized carbons (Fsp3) is 0.571. The summed E-state index contributed by atoms with van der Waals surface area (Å²) in [6, 6.07) is 0. The minimum atomic E-state index is -1.34. The Hall–Kier alpha value is -1.76. The van der Waals surface area contributed by atoms with E-state index in [1.807, 2.05) is 19.9 Å². The van der Waals surface area contributed by atoms with E-state index >= 15 is 0 Å². The molecule has 0 unspecified atom stereocenters. The van der Waals surface area contributed by atoms with E-state index in [-0.39, 0.29) is 12.8 Å². The Morgan fingerprint density at radius 1 is 1.22 bits per heavy atom. The van der Waals surface area contributed by atoms with Crippen molar-refractivity contribution in [2.45, 2.75) is 33.1 Å². The summed E-state index contributed by atoms with van der Waals surface area (Å²) in [7, 11) is 2.50. The van der Waals surface area contributed by atoms with Gasteiger partial charge in [-0.25, -0.2) is 0 Å². The smallest absolute Gasteiger partial charge is 0.323 e. The Balaban J connectivity index is 5.39. The van der Waals surface area contributed by atoms with Crippen LogP contribution in [-0.2, 0) is 19.1 Å². The highest BCUT2D eigenvalue weighted by molar-refractivity contribution is 6.00. The summed E-state index contributed by atoms with van der Waals surface area (Å²) in [5.74, 6) is 1.21. The number of hydrogen-bond acceptors (Lipinski definition) is 4. The maximum Gasteiger partial charge on any atom is 0.323 e. The van der Waals surface area contributed by atoms with Gasteiger partial charge in [0.05, 0.1) is 14.2 Å². The molecular weight excluding hydrogens is 232 g/mol. The van der Waals surface area contributed by atoms with Crippen LogP contribution in [0.15, 0.2) is 11.6 Å². The molecule has 0 saturated carbocycles. The maximum absolute atomic E-state index is 11.9. The number of terminal acetylenes is 1. The third kappa shape index (κ3) is 3.92. The molecule has 0 aromatic carbocycles. The van der Waals surface area contributed by atoms with E-state index in [2.05, 4.69) is 5.92 Å². The Morgan fingerprint density at radius 2 is 1.72 bits per heavy atom. The largest absolute Gasteiger partial charge is 0.468 e. The van der Waals surface area contributed by atoms with Crippen molar-refractivity contribution in [3.05, 3.63) is 11.6 Å². The van der Waals surface area contributed by atoms with Crippen molar-refractivity contribution in [3.63, 3.8) is 0 Å². The summed E-state index contributed by atoms with van der Waals surface area (Å²) in [4.78, 5) is 23.9. The molecule has 0 aliphatic rings. The molecule has 4 heteroatoms. The minimum Gasteiger partial charge on any atom is -0.468 e. The molecule has 4 nitrogen and oxygen atoms in total. The Bertz CT molecular complexity index is 354. The van der Waals surface area contributed by atoms with E-state index in [1.54, 1.807) is 0 Å². The summed E-state index contributed by atoms with van der Waals surface area (Å²) < 4.78 is 9.46. The summed E-state index contributed by atoms with van der Waals surface area (Å²) in [5.41, 5.74) is -0.333. The molecule has 0 fully saturated rings. The summed E-state index contributed by atoms with van der Waals surface area (Å²) in [6.07, 6.45) is 7.77. The molecule has 0 rings (SSSR count). The van der Waals surface area contributed by atoms with E-state index in [1.165, 1.54) is 14.2 Å². The lowest BCUT2D eigenvalue weighted by atomic mass is 9.79. The second-order valence-electron chi connectivity index (χ2n) is 4.25. The van der Waals surface area contributed by atoms with Gasteiger partial charge in [-0.3, -0.25) is 9.59 Å². The number of carbonyl (C=O) groups excluding carboxylic acids is 2. The van der Waals surface area contributed by atoms with Crippen LogP contribution in [0.25, 0.3) is 0 Å². The fourth-order valence-electron chi connectivity index (χ4n) is 1.61. The van der Waals surface area contributed by atoms with E-state index in [0.717, 1.165) is 5.57 Å². The SMILES string of the molecule is C#CCCC(CC=C(C)C)(C(=O)OC)C(=O)OC. The molecule has 0 radical (unpaired) electrons. The number of ether oxygens (including phenoxy) is 2. The van der Waals surface area contributed by atoms with Crippen molar-refractivity contribution in [3.8, 4) is 12.3 Å². The van der Waals surface area contributed by atoms with Crippen LogP contribution < -0.4 is 0 Å². The molecular formula is C14H20O4.